The monoisotopic (exact) mass is 444 g/mol. The molecule has 2 aromatic rings. The van der Waals surface area contributed by atoms with Crippen LogP contribution in [0.1, 0.15) is 13.8 Å². The summed E-state index contributed by atoms with van der Waals surface area (Å²) in [5, 5.41) is 21.4. The molecule has 1 heterocycles. The lowest BCUT2D eigenvalue weighted by molar-refractivity contribution is 0.0569. The summed E-state index contributed by atoms with van der Waals surface area (Å²) in [6.45, 7) is 3.06. The second-order valence-electron chi connectivity index (χ2n) is 5.66. The maximum absolute atomic E-state index is 12.1. The minimum absolute atomic E-state index is 0.0994. The van der Waals surface area contributed by atoms with Crippen LogP contribution in [0.15, 0.2) is 39.8 Å². The Morgan fingerprint density at radius 3 is 2.58 bits per heavy atom. The number of benzene rings is 1. The van der Waals surface area contributed by atoms with E-state index in [4.69, 9.17) is 14.6 Å². The number of hydrogen-bond donors (Lipinski definition) is 4. The molecule has 3 atom stereocenters. The molecule has 0 aliphatic rings. The van der Waals surface area contributed by atoms with Crippen molar-refractivity contribution in [2.75, 3.05) is 17.7 Å². The molecule has 2 rings (SSSR count). The van der Waals surface area contributed by atoms with Gasteiger partial charge in [0.25, 0.3) is 0 Å². The number of nitrogens with one attached hydrogen (secondary N) is 2. The minimum Gasteiger partial charge on any atom is -0.471 e. The predicted molar refractivity (Wildman–Crippen MR) is 102 cm³/mol. The topological polar surface area (TPSA) is 128 Å². The first-order chi connectivity index (χ1) is 12.2. The van der Waals surface area contributed by atoms with E-state index in [-0.39, 0.29) is 18.3 Å². The average Bonchev–Trinajstić information content (AvgIpc) is 2.58. The summed E-state index contributed by atoms with van der Waals surface area (Å²) in [7, 11) is -2.99. The summed E-state index contributed by atoms with van der Waals surface area (Å²) in [5.74, 6) is 0.484. The molecular formula is C16H21BrN4O4S. The van der Waals surface area contributed by atoms with Crippen molar-refractivity contribution in [1.29, 1.82) is 4.78 Å². The second-order valence-corrected chi connectivity index (χ2v) is 8.75. The quantitative estimate of drug-likeness (QED) is 0.492. The molecule has 4 N–H and O–H groups in total. The summed E-state index contributed by atoms with van der Waals surface area (Å²) >= 11 is 3.31. The number of rotatable bonds is 8. The van der Waals surface area contributed by atoms with Crippen LogP contribution in [0.25, 0.3) is 0 Å². The molecule has 0 fully saturated rings. The van der Waals surface area contributed by atoms with Crippen molar-refractivity contribution in [3.8, 4) is 5.88 Å². The van der Waals surface area contributed by atoms with Crippen LogP contribution < -0.4 is 10.1 Å². The van der Waals surface area contributed by atoms with Gasteiger partial charge in [-0.1, -0.05) is 0 Å². The number of ether oxygens (including phenoxy) is 1. The highest BCUT2D eigenvalue weighted by atomic mass is 79.9. The van der Waals surface area contributed by atoms with Gasteiger partial charge in [0.1, 0.15) is 6.10 Å². The molecule has 26 heavy (non-hydrogen) atoms. The van der Waals surface area contributed by atoms with Crippen molar-refractivity contribution in [2.24, 2.45) is 0 Å². The Bertz CT molecular complexity index is 844. The van der Waals surface area contributed by atoms with E-state index < -0.39 is 21.9 Å². The van der Waals surface area contributed by atoms with Crippen LogP contribution in [0, 0.1) is 4.78 Å². The average molecular weight is 445 g/mol. The molecule has 1 aromatic heterocycles. The molecule has 0 radical (unpaired) electrons. The molecule has 0 aliphatic carbocycles. The lowest BCUT2D eigenvalue weighted by Crippen LogP contribution is -2.26. The summed E-state index contributed by atoms with van der Waals surface area (Å²) in [4.78, 5) is 8.76. The number of nitrogens with zero attached hydrogens (tertiary/aromatic N) is 2. The first-order valence-corrected chi connectivity index (χ1v) is 10.4. The Balaban J connectivity index is 2.16. The van der Waals surface area contributed by atoms with E-state index in [0.717, 1.165) is 0 Å². The Hall–Kier alpha value is -1.75. The molecule has 0 saturated heterocycles. The molecule has 0 aliphatic heterocycles. The van der Waals surface area contributed by atoms with E-state index in [1.807, 2.05) is 0 Å². The van der Waals surface area contributed by atoms with Gasteiger partial charge in [-0.15, -0.1) is 0 Å². The zero-order chi connectivity index (χ0) is 19.3. The molecular weight excluding hydrogens is 424 g/mol. The molecule has 0 amide bonds. The number of anilines is 2. The number of aliphatic hydroxyl groups is 2. The molecule has 0 bridgehead atoms. The van der Waals surface area contributed by atoms with Crippen molar-refractivity contribution in [3.63, 3.8) is 0 Å². The van der Waals surface area contributed by atoms with E-state index >= 15 is 0 Å². The molecule has 0 saturated carbocycles. The first-order valence-electron chi connectivity index (χ1n) is 7.84. The van der Waals surface area contributed by atoms with Crippen LogP contribution in [0.4, 0.5) is 11.6 Å². The summed E-state index contributed by atoms with van der Waals surface area (Å²) < 4.78 is 26.1. The molecule has 142 valence electrons. The minimum atomic E-state index is -2.99. The van der Waals surface area contributed by atoms with Crippen LogP contribution in [-0.2, 0) is 9.73 Å². The fourth-order valence-electron chi connectivity index (χ4n) is 1.90. The van der Waals surface area contributed by atoms with Crippen molar-refractivity contribution in [3.05, 3.63) is 34.9 Å². The SMILES string of the molecule is C[C@@H](O)[C@@H](C)Oc1nc(Nc2ccc(S(=N)(=O)CCO)cc2)ncc1Br. The first kappa shape index (κ1) is 20.6. The van der Waals surface area contributed by atoms with E-state index in [1.165, 1.54) is 6.20 Å². The Morgan fingerprint density at radius 2 is 2.00 bits per heavy atom. The van der Waals surface area contributed by atoms with Crippen molar-refractivity contribution in [2.45, 2.75) is 31.0 Å². The van der Waals surface area contributed by atoms with E-state index in [1.54, 1.807) is 38.1 Å². The van der Waals surface area contributed by atoms with Gasteiger partial charge in [-0.3, -0.25) is 0 Å². The lowest BCUT2D eigenvalue weighted by atomic mass is 10.3. The fourth-order valence-corrected chi connectivity index (χ4v) is 3.26. The summed E-state index contributed by atoms with van der Waals surface area (Å²) in [5.41, 5.74) is 0.643. The van der Waals surface area contributed by atoms with E-state index in [0.29, 0.717) is 20.9 Å². The fraction of sp³-hybridized carbons (Fsp3) is 0.375. The third kappa shape index (κ3) is 5.37. The van der Waals surface area contributed by atoms with Gasteiger partial charge in [-0.25, -0.2) is 14.0 Å². The number of hydrogen-bond acceptors (Lipinski definition) is 8. The zero-order valence-corrected chi connectivity index (χ0v) is 16.7. The maximum Gasteiger partial charge on any atom is 0.233 e. The van der Waals surface area contributed by atoms with E-state index in [2.05, 4.69) is 31.2 Å². The molecule has 1 unspecified atom stereocenters. The van der Waals surface area contributed by atoms with Crippen molar-refractivity contribution in [1.82, 2.24) is 9.97 Å². The van der Waals surface area contributed by atoms with Gasteiger partial charge < -0.3 is 20.3 Å². The maximum atomic E-state index is 12.1. The van der Waals surface area contributed by atoms with Crippen LogP contribution in [-0.4, -0.2) is 49.0 Å². The van der Waals surface area contributed by atoms with Gasteiger partial charge in [-0.05, 0) is 54.0 Å². The predicted octanol–water partition coefficient (Wildman–Crippen LogP) is 2.53. The summed E-state index contributed by atoms with van der Waals surface area (Å²) in [6, 6.07) is 6.45. The van der Waals surface area contributed by atoms with Crippen LogP contribution in [0.5, 0.6) is 5.88 Å². The molecule has 0 spiro atoms. The van der Waals surface area contributed by atoms with Gasteiger partial charge in [0.2, 0.25) is 11.8 Å². The second kappa shape index (κ2) is 8.76. The van der Waals surface area contributed by atoms with Gasteiger partial charge in [0.05, 0.1) is 38.9 Å². The standard InChI is InChI=1S/C16H21BrN4O4S/c1-10(23)11(2)25-15-14(17)9-19-16(21-15)20-12-3-5-13(6-4-12)26(18,24)8-7-22/h3-6,9-11,18,22-23H,7-8H2,1-2H3,(H,19,20,21)/t10-,11-,26?/m1/s1. The Labute approximate surface area is 160 Å². The van der Waals surface area contributed by atoms with Crippen LogP contribution in [0.2, 0.25) is 0 Å². The van der Waals surface area contributed by atoms with Crippen molar-refractivity contribution < 1.29 is 19.2 Å². The third-order valence-corrected chi connectivity index (χ3v) is 5.89. The highest BCUT2D eigenvalue weighted by Crippen LogP contribution is 2.26. The third-order valence-electron chi connectivity index (χ3n) is 3.56. The van der Waals surface area contributed by atoms with Gasteiger partial charge in [0, 0.05) is 10.6 Å². The Kier molecular flexibility index (Phi) is 6.93. The normalized spacial score (nSPS) is 15.7. The molecule has 8 nitrogen and oxygen atoms in total. The van der Waals surface area contributed by atoms with Crippen LogP contribution in [0.3, 0.4) is 0 Å². The largest absolute Gasteiger partial charge is 0.471 e. The lowest BCUT2D eigenvalue weighted by Gasteiger charge is -2.17. The molecule has 10 heteroatoms. The number of aliphatic hydroxyl groups excluding tert-OH is 2. The van der Waals surface area contributed by atoms with E-state index in [9.17, 15) is 9.32 Å². The zero-order valence-electron chi connectivity index (χ0n) is 14.3. The van der Waals surface area contributed by atoms with Gasteiger partial charge in [-0.2, -0.15) is 4.98 Å². The highest BCUT2D eigenvalue weighted by molar-refractivity contribution is 9.10. The van der Waals surface area contributed by atoms with Crippen molar-refractivity contribution >= 4 is 37.3 Å². The smallest absolute Gasteiger partial charge is 0.233 e. The number of halogens is 1. The Morgan fingerprint density at radius 1 is 1.35 bits per heavy atom. The van der Waals surface area contributed by atoms with Crippen LogP contribution >= 0.6 is 15.9 Å². The number of aromatic nitrogens is 2. The van der Waals surface area contributed by atoms with Gasteiger partial charge >= 0.3 is 0 Å². The molecule has 1 aromatic carbocycles. The highest BCUT2D eigenvalue weighted by Gasteiger charge is 2.15. The summed E-state index contributed by atoms with van der Waals surface area (Å²) in [6.07, 6.45) is 0.440. The van der Waals surface area contributed by atoms with Gasteiger partial charge in [0.15, 0.2) is 0 Å².